The molecule has 0 amide bonds. The number of nitrogens with one attached hydrogen (secondary N) is 1. The van der Waals surface area contributed by atoms with E-state index in [-0.39, 0.29) is 24.4 Å². The van der Waals surface area contributed by atoms with Gasteiger partial charge in [-0.1, -0.05) is 42.5 Å². The van der Waals surface area contributed by atoms with Crippen molar-refractivity contribution in [3.8, 4) is 0 Å². The number of benzene rings is 2. The van der Waals surface area contributed by atoms with Gasteiger partial charge in [-0.15, -0.1) is 12.4 Å². The highest BCUT2D eigenvalue weighted by Crippen LogP contribution is 2.13. The first-order valence-electron chi connectivity index (χ1n) is 7.25. The van der Waals surface area contributed by atoms with E-state index in [1.807, 2.05) is 42.5 Å². The van der Waals surface area contributed by atoms with E-state index in [1.165, 1.54) is 5.56 Å². The molecule has 2 aromatic rings. The summed E-state index contributed by atoms with van der Waals surface area (Å²) in [5.41, 5.74) is 3.00. The van der Waals surface area contributed by atoms with E-state index in [4.69, 9.17) is 4.74 Å². The lowest BCUT2D eigenvalue weighted by Gasteiger charge is -2.14. The first kappa shape index (κ1) is 18.2. The second-order valence-corrected chi connectivity index (χ2v) is 4.93. The maximum Gasteiger partial charge on any atom is 0.338 e. The van der Waals surface area contributed by atoms with Crippen molar-refractivity contribution in [3.63, 3.8) is 0 Å². The number of carbonyl (C=O) groups is 1. The molecule has 22 heavy (non-hydrogen) atoms. The molecule has 118 valence electrons. The summed E-state index contributed by atoms with van der Waals surface area (Å²) in [7, 11) is 0. The van der Waals surface area contributed by atoms with Crippen LogP contribution in [0.25, 0.3) is 0 Å². The van der Waals surface area contributed by atoms with Crippen molar-refractivity contribution in [2.24, 2.45) is 0 Å². The Hall–Kier alpha value is -1.84. The third kappa shape index (κ3) is 5.17. The lowest BCUT2D eigenvalue weighted by atomic mass is 10.1. The van der Waals surface area contributed by atoms with Gasteiger partial charge in [-0.05, 0) is 37.1 Å². The quantitative estimate of drug-likeness (QED) is 0.813. The standard InChI is InChI=1S/C18H21NO2.ClH/c1-3-21-18(20)17-11-9-15(10-12-17)13-19-14(2)16-7-5-4-6-8-16;/h4-12,14,19H,3,13H2,1-2H3;1H. The minimum absolute atomic E-state index is 0. The number of rotatable bonds is 6. The maximum atomic E-state index is 11.6. The fourth-order valence-corrected chi connectivity index (χ4v) is 2.10. The Labute approximate surface area is 138 Å². The van der Waals surface area contributed by atoms with Crippen molar-refractivity contribution in [2.75, 3.05) is 6.61 Å². The molecule has 4 heteroatoms. The van der Waals surface area contributed by atoms with Crippen LogP contribution in [0.1, 0.15) is 41.4 Å². The third-order valence-corrected chi connectivity index (χ3v) is 3.38. The number of ether oxygens (including phenoxy) is 1. The molecule has 2 rings (SSSR count). The van der Waals surface area contributed by atoms with Gasteiger partial charge in [0.15, 0.2) is 0 Å². The largest absolute Gasteiger partial charge is 0.462 e. The van der Waals surface area contributed by atoms with Gasteiger partial charge < -0.3 is 10.1 Å². The molecular formula is C18H22ClNO2. The summed E-state index contributed by atoms with van der Waals surface area (Å²) in [6.07, 6.45) is 0. The fraction of sp³-hybridized carbons (Fsp3) is 0.278. The van der Waals surface area contributed by atoms with E-state index in [0.29, 0.717) is 12.2 Å². The van der Waals surface area contributed by atoms with Crippen LogP contribution in [0.2, 0.25) is 0 Å². The highest BCUT2D eigenvalue weighted by atomic mass is 35.5. The molecule has 0 bridgehead atoms. The van der Waals surface area contributed by atoms with E-state index in [2.05, 4.69) is 24.4 Å². The highest BCUT2D eigenvalue weighted by Gasteiger charge is 2.07. The summed E-state index contributed by atoms with van der Waals surface area (Å²) in [5, 5.41) is 3.47. The molecule has 0 radical (unpaired) electrons. The predicted molar refractivity (Wildman–Crippen MR) is 91.3 cm³/mol. The van der Waals surface area contributed by atoms with Crippen molar-refractivity contribution in [1.82, 2.24) is 5.32 Å². The Kier molecular flexibility index (Phi) is 7.64. The van der Waals surface area contributed by atoms with Crippen molar-refractivity contribution >= 4 is 18.4 Å². The van der Waals surface area contributed by atoms with Gasteiger partial charge in [-0.3, -0.25) is 0 Å². The number of hydrogen-bond acceptors (Lipinski definition) is 3. The van der Waals surface area contributed by atoms with Crippen LogP contribution in [-0.4, -0.2) is 12.6 Å². The molecule has 1 unspecified atom stereocenters. The normalized spacial score (nSPS) is 11.4. The molecule has 1 atom stereocenters. The molecule has 0 fully saturated rings. The minimum atomic E-state index is -0.269. The van der Waals surface area contributed by atoms with Gasteiger partial charge in [0.25, 0.3) is 0 Å². The highest BCUT2D eigenvalue weighted by molar-refractivity contribution is 5.89. The molecule has 0 spiro atoms. The van der Waals surface area contributed by atoms with E-state index in [9.17, 15) is 4.79 Å². The molecule has 0 aliphatic heterocycles. The lowest BCUT2D eigenvalue weighted by molar-refractivity contribution is 0.0526. The zero-order valence-corrected chi connectivity index (χ0v) is 13.7. The second kappa shape index (κ2) is 9.23. The molecule has 0 saturated heterocycles. The molecule has 0 aliphatic rings. The van der Waals surface area contributed by atoms with Crippen LogP contribution in [0.5, 0.6) is 0 Å². The first-order chi connectivity index (χ1) is 10.2. The summed E-state index contributed by atoms with van der Waals surface area (Å²) in [6, 6.07) is 18.1. The van der Waals surface area contributed by atoms with Gasteiger partial charge >= 0.3 is 5.97 Å². The van der Waals surface area contributed by atoms with Crippen molar-refractivity contribution in [2.45, 2.75) is 26.4 Å². The van der Waals surface area contributed by atoms with Gasteiger partial charge in [-0.25, -0.2) is 4.79 Å². The van der Waals surface area contributed by atoms with Crippen molar-refractivity contribution < 1.29 is 9.53 Å². The molecular weight excluding hydrogens is 298 g/mol. The lowest BCUT2D eigenvalue weighted by Crippen LogP contribution is -2.18. The molecule has 0 aromatic heterocycles. The second-order valence-electron chi connectivity index (χ2n) is 4.93. The van der Waals surface area contributed by atoms with Crippen molar-refractivity contribution in [1.29, 1.82) is 0 Å². The topological polar surface area (TPSA) is 38.3 Å². The summed E-state index contributed by atoms with van der Waals surface area (Å²) < 4.78 is 4.97. The molecule has 3 nitrogen and oxygen atoms in total. The summed E-state index contributed by atoms with van der Waals surface area (Å²) in [4.78, 5) is 11.6. The fourth-order valence-electron chi connectivity index (χ4n) is 2.10. The van der Waals surface area contributed by atoms with Gasteiger partial charge in [-0.2, -0.15) is 0 Å². The van der Waals surface area contributed by atoms with Gasteiger partial charge in [0.2, 0.25) is 0 Å². The number of hydrogen-bond donors (Lipinski definition) is 1. The van der Waals surface area contributed by atoms with Crippen molar-refractivity contribution in [3.05, 3.63) is 71.3 Å². The van der Waals surface area contributed by atoms with Crippen LogP contribution in [0.4, 0.5) is 0 Å². The van der Waals surface area contributed by atoms with Gasteiger partial charge in [0, 0.05) is 12.6 Å². The van der Waals surface area contributed by atoms with Gasteiger partial charge in [0.05, 0.1) is 12.2 Å². The van der Waals surface area contributed by atoms with Crippen LogP contribution in [-0.2, 0) is 11.3 Å². The Balaban J connectivity index is 0.00000242. The van der Waals surface area contributed by atoms with E-state index < -0.39 is 0 Å². The summed E-state index contributed by atoms with van der Waals surface area (Å²) >= 11 is 0. The van der Waals surface area contributed by atoms with Crippen LogP contribution in [0.3, 0.4) is 0 Å². The summed E-state index contributed by atoms with van der Waals surface area (Å²) in [5.74, 6) is -0.269. The SMILES string of the molecule is CCOC(=O)c1ccc(CNC(C)c2ccccc2)cc1.Cl. The Morgan fingerprint density at radius 2 is 1.73 bits per heavy atom. The predicted octanol–water partition coefficient (Wildman–Crippen LogP) is 4.14. The smallest absolute Gasteiger partial charge is 0.338 e. The average molecular weight is 320 g/mol. The van der Waals surface area contributed by atoms with E-state index in [0.717, 1.165) is 12.1 Å². The van der Waals surface area contributed by atoms with Crippen LogP contribution in [0.15, 0.2) is 54.6 Å². The zero-order chi connectivity index (χ0) is 15.1. The molecule has 1 N–H and O–H groups in total. The minimum Gasteiger partial charge on any atom is -0.462 e. The first-order valence-corrected chi connectivity index (χ1v) is 7.25. The number of halogens is 1. The molecule has 0 heterocycles. The van der Waals surface area contributed by atoms with Crippen LogP contribution in [0, 0.1) is 0 Å². The van der Waals surface area contributed by atoms with E-state index >= 15 is 0 Å². The van der Waals surface area contributed by atoms with Gasteiger partial charge in [0.1, 0.15) is 0 Å². The van der Waals surface area contributed by atoms with Crippen LogP contribution < -0.4 is 5.32 Å². The maximum absolute atomic E-state index is 11.6. The molecule has 2 aromatic carbocycles. The average Bonchev–Trinajstić information content (AvgIpc) is 2.54. The van der Waals surface area contributed by atoms with E-state index in [1.54, 1.807) is 6.92 Å². The molecule has 0 aliphatic carbocycles. The Morgan fingerprint density at radius 3 is 2.32 bits per heavy atom. The number of carbonyl (C=O) groups excluding carboxylic acids is 1. The monoisotopic (exact) mass is 319 g/mol. The molecule has 0 saturated carbocycles. The van der Waals surface area contributed by atoms with Crippen LogP contribution >= 0.6 is 12.4 Å². The Bertz CT molecular complexity index is 569. The Morgan fingerprint density at radius 1 is 1.09 bits per heavy atom. The third-order valence-electron chi connectivity index (χ3n) is 3.38. The number of esters is 1. The summed E-state index contributed by atoms with van der Waals surface area (Å²) in [6.45, 7) is 5.11. The zero-order valence-electron chi connectivity index (χ0n) is 12.9.